The van der Waals surface area contributed by atoms with Crippen LogP contribution >= 0.6 is 0 Å². The van der Waals surface area contributed by atoms with Gasteiger partial charge in [0.15, 0.2) is 0 Å². The van der Waals surface area contributed by atoms with E-state index in [9.17, 15) is 13.2 Å². The molecule has 0 unspecified atom stereocenters. The number of halogens is 3. The number of hydrogen-bond acceptors (Lipinski definition) is 3. The molecule has 1 rings (SSSR count). The molecule has 0 amide bonds. The summed E-state index contributed by atoms with van der Waals surface area (Å²) in [5.41, 5.74) is 0.729. The van der Waals surface area contributed by atoms with E-state index in [2.05, 4.69) is 4.74 Å². The molecule has 0 saturated heterocycles. The second-order valence-electron chi connectivity index (χ2n) is 3.63. The van der Waals surface area contributed by atoms with E-state index >= 15 is 0 Å². The van der Waals surface area contributed by atoms with Crippen molar-refractivity contribution < 1.29 is 28.1 Å². The highest BCUT2D eigenvalue weighted by atomic mass is 19.4. The van der Waals surface area contributed by atoms with Gasteiger partial charge < -0.3 is 14.9 Å². The minimum atomic E-state index is -4.69. The van der Waals surface area contributed by atoms with E-state index in [1.54, 1.807) is 0 Å². The quantitative estimate of drug-likeness (QED) is 0.836. The SMILES string of the molecule is OCC(CO)Cc1ccc(OC(F)(F)F)cc1. The minimum absolute atomic E-state index is 0.169. The van der Waals surface area contributed by atoms with E-state index in [4.69, 9.17) is 10.2 Å². The molecule has 0 saturated carbocycles. The number of ether oxygens (including phenoxy) is 1. The number of hydrogen-bond donors (Lipinski definition) is 2. The lowest BCUT2D eigenvalue weighted by Gasteiger charge is -2.12. The maximum absolute atomic E-state index is 11.9. The third kappa shape index (κ3) is 5.06. The topological polar surface area (TPSA) is 49.7 Å². The van der Waals surface area contributed by atoms with Crippen LogP contribution in [-0.4, -0.2) is 29.8 Å². The van der Waals surface area contributed by atoms with Crippen molar-refractivity contribution in [3.63, 3.8) is 0 Å². The van der Waals surface area contributed by atoms with E-state index in [1.165, 1.54) is 24.3 Å². The molecule has 0 aromatic heterocycles. The Morgan fingerprint density at radius 3 is 2.00 bits per heavy atom. The smallest absolute Gasteiger partial charge is 0.406 e. The molecule has 17 heavy (non-hydrogen) atoms. The molecule has 0 spiro atoms. The fourth-order valence-electron chi connectivity index (χ4n) is 1.35. The largest absolute Gasteiger partial charge is 0.573 e. The molecule has 0 fully saturated rings. The fourth-order valence-corrected chi connectivity index (χ4v) is 1.35. The average molecular weight is 250 g/mol. The molecule has 3 nitrogen and oxygen atoms in total. The minimum Gasteiger partial charge on any atom is -0.406 e. The number of aliphatic hydroxyl groups is 2. The third-order valence-electron chi connectivity index (χ3n) is 2.20. The molecule has 1 aromatic rings. The maximum Gasteiger partial charge on any atom is 0.573 e. The monoisotopic (exact) mass is 250 g/mol. The first kappa shape index (κ1) is 13.8. The molecule has 96 valence electrons. The van der Waals surface area contributed by atoms with Gasteiger partial charge in [-0.15, -0.1) is 13.2 Å². The molecule has 0 heterocycles. The summed E-state index contributed by atoms with van der Waals surface area (Å²) < 4.78 is 39.3. The Morgan fingerprint density at radius 1 is 1.06 bits per heavy atom. The van der Waals surface area contributed by atoms with Crippen molar-refractivity contribution >= 4 is 0 Å². The molecule has 0 aliphatic carbocycles. The summed E-state index contributed by atoms with van der Waals surface area (Å²) in [6.45, 7) is -0.339. The first-order valence-corrected chi connectivity index (χ1v) is 5.01. The van der Waals surface area contributed by atoms with Gasteiger partial charge in [0.05, 0.1) is 0 Å². The third-order valence-corrected chi connectivity index (χ3v) is 2.20. The van der Waals surface area contributed by atoms with Gasteiger partial charge in [0.1, 0.15) is 5.75 Å². The van der Waals surface area contributed by atoms with E-state index < -0.39 is 6.36 Å². The summed E-state index contributed by atoms with van der Waals surface area (Å²) >= 11 is 0. The van der Waals surface area contributed by atoms with E-state index in [-0.39, 0.29) is 24.9 Å². The van der Waals surface area contributed by atoms with E-state index in [0.29, 0.717) is 6.42 Å². The Bertz CT molecular complexity index is 331. The zero-order valence-electron chi connectivity index (χ0n) is 8.94. The second kappa shape index (κ2) is 5.88. The van der Waals surface area contributed by atoms with E-state index in [0.717, 1.165) is 5.56 Å². The van der Waals surface area contributed by atoms with Crippen molar-refractivity contribution in [1.82, 2.24) is 0 Å². The van der Waals surface area contributed by atoms with Gasteiger partial charge in [-0.2, -0.15) is 0 Å². The summed E-state index contributed by atoms with van der Waals surface area (Å²) in [6, 6.07) is 5.35. The second-order valence-corrected chi connectivity index (χ2v) is 3.63. The summed E-state index contributed by atoms with van der Waals surface area (Å²) in [6.07, 6.45) is -4.29. The molecular formula is C11H13F3O3. The Morgan fingerprint density at radius 2 is 1.59 bits per heavy atom. The highest BCUT2D eigenvalue weighted by Gasteiger charge is 2.30. The number of benzene rings is 1. The molecule has 0 aliphatic heterocycles. The van der Waals surface area contributed by atoms with Crippen LogP contribution in [0.1, 0.15) is 5.56 Å². The Labute approximate surface area is 96.5 Å². The molecule has 0 aliphatic rings. The molecular weight excluding hydrogens is 237 g/mol. The molecule has 2 N–H and O–H groups in total. The van der Waals surface area contributed by atoms with Crippen LogP contribution < -0.4 is 4.74 Å². The van der Waals surface area contributed by atoms with E-state index in [1.807, 2.05) is 0 Å². The Hall–Kier alpha value is -1.27. The number of alkyl halides is 3. The first-order valence-electron chi connectivity index (χ1n) is 5.01. The van der Waals surface area contributed by atoms with Crippen LogP contribution in [0.25, 0.3) is 0 Å². The molecule has 6 heteroatoms. The first-order chi connectivity index (χ1) is 7.94. The maximum atomic E-state index is 11.9. The van der Waals surface area contributed by atoms with Crippen LogP contribution in [0.4, 0.5) is 13.2 Å². The summed E-state index contributed by atoms with van der Waals surface area (Å²) in [5.74, 6) is -0.588. The highest BCUT2D eigenvalue weighted by Crippen LogP contribution is 2.23. The summed E-state index contributed by atoms with van der Waals surface area (Å²) in [5, 5.41) is 17.7. The molecule has 0 atom stereocenters. The van der Waals surface area contributed by atoms with Gasteiger partial charge in [-0.1, -0.05) is 12.1 Å². The van der Waals surface area contributed by atoms with Crippen molar-refractivity contribution in [3.8, 4) is 5.75 Å². The van der Waals surface area contributed by atoms with Gasteiger partial charge in [-0.05, 0) is 24.1 Å². The zero-order valence-corrected chi connectivity index (χ0v) is 8.94. The zero-order chi connectivity index (χ0) is 12.9. The standard InChI is InChI=1S/C11H13F3O3/c12-11(13,14)17-10-3-1-8(2-4-10)5-9(6-15)7-16/h1-4,9,15-16H,5-7H2. The fraction of sp³-hybridized carbons (Fsp3) is 0.455. The normalized spacial score (nSPS) is 11.9. The summed E-state index contributed by atoms with van der Waals surface area (Å²) in [7, 11) is 0. The lowest BCUT2D eigenvalue weighted by atomic mass is 10.0. The van der Waals surface area contributed by atoms with Gasteiger partial charge in [-0.3, -0.25) is 0 Å². The van der Waals surface area contributed by atoms with Crippen molar-refractivity contribution in [2.24, 2.45) is 5.92 Å². The molecule has 1 aromatic carbocycles. The van der Waals surface area contributed by atoms with Crippen molar-refractivity contribution in [1.29, 1.82) is 0 Å². The Kier molecular flexibility index (Phi) is 4.77. The predicted molar refractivity (Wildman–Crippen MR) is 54.5 cm³/mol. The number of aliphatic hydroxyl groups excluding tert-OH is 2. The van der Waals surface area contributed by atoms with Crippen LogP contribution in [0.5, 0.6) is 5.75 Å². The van der Waals surface area contributed by atoms with Crippen LogP contribution in [0.3, 0.4) is 0 Å². The average Bonchev–Trinajstić information content (AvgIpc) is 2.26. The van der Waals surface area contributed by atoms with Crippen LogP contribution in [0.15, 0.2) is 24.3 Å². The van der Waals surface area contributed by atoms with Gasteiger partial charge in [-0.25, -0.2) is 0 Å². The van der Waals surface area contributed by atoms with Crippen LogP contribution in [-0.2, 0) is 6.42 Å². The van der Waals surface area contributed by atoms with Gasteiger partial charge >= 0.3 is 6.36 Å². The summed E-state index contributed by atoms with van der Waals surface area (Å²) in [4.78, 5) is 0. The van der Waals surface area contributed by atoms with Gasteiger partial charge in [0, 0.05) is 19.1 Å². The lowest BCUT2D eigenvalue weighted by molar-refractivity contribution is -0.274. The molecule has 0 bridgehead atoms. The molecule has 0 radical (unpaired) electrons. The predicted octanol–water partition coefficient (Wildman–Crippen LogP) is 1.73. The number of rotatable bonds is 5. The van der Waals surface area contributed by atoms with Gasteiger partial charge in [0.2, 0.25) is 0 Å². The lowest BCUT2D eigenvalue weighted by Crippen LogP contribution is -2.17. The van der Waals surface area contributed by atoms with Crippen LogP contribution in [0, 0.1) is 5.92 Å². The van der Waals surface area contributed by atoms with Crippen molar-refractivity contribution in [2.45, 2.75) is 12.8 Å². The van der Waals surface area contributed by atoms with Gasteiger partial charge in [0.25, 0.3) is 0 Å². The Balaban J connectivity index is 2.62. The van der Waals surface area contributed by atoms with Crippen molar-refractivity contribution in [3.05, 3.63) is 29.8 Å². The van der Waals surface area contributed by atoms with Crippen LogP contribution in [0.2, 0.25) is 0 Å². The van der Waals surface area contributed by atoms with Crippen molar-refractivity contribution in [2.75, 3.05) is 13.2 Å². The highest BCUT2D eigenvalue weighted by molar-refractivity contribution is 5.27.